The lowest BCUT2D eigenvalue weighted by atomic mass is 10.2. The number of hydrogen-bond acceptors (Lipinski definition) is 6. The number of rotatable bonds is 6. The summed E-state index contributed by atoms with van der Waals surface area (Å²) in [6.07, 6.45) is 0.604. The van der Waals surface area contributed by atoms with E-state index in [2.05, 4.69) is 10.6 Å². The van der Waals surface area contributed by atoms with Crippen LogP contribution < -0.4 is 29.6 Å². The second kappa shape index (κ2) is 7.45. The number of amides is 2. The average molecular weight is 370 g/mol. The molecular weight excluding hydrogens is 352 g/mol. The van der Waals surface area contributed by atoms with Gasteiger partial charge < -0.3 is 29.6 Å². The molecule has 0 aliphatic carbocycles. The van der Waals surface area contributed by atoms with E-state index in [4.69, 9.17) is 18.9 Å². The van der Waals surface area contributed by atoms with Crippen LogP contribution in [0.4, 0.5) is 0 Å². The van der Waals surface area contributed by atoms with Crippen molar-refractivity contribution in [3.05, 3.63) is 47.5 Å². The zero-order valence-corrected chi connectivity index (χ0v) is 14.4. The van der Waals surface area contributed by atoms with Crippen LogP contribution in [0.3, 0.4) is 0 Å². The fourth-order valence-corrected chi connectivity index (χ4v) is 2.77. The maximum absolute atomic E-state index is 12.2. The van der Waals surface area contributed by atoms with Gasteiger partial charge in [0.2, 0.25) is 13.6 Å². The molecule has 2 aliphatic heterocycles. The predicted molar refractivity (Wildman–Crippen MR) is 94.4 cm³/mol. The molecule has 2 amide bonds. The van der Waals surface area contributed by atoms with Gasteiger partial charge >= 0.3 is 0 Å². The molecule has 0 fully saturated rings. The number of fused-ring (bicyclic) bond motifs is 2. The van der Waals surface area contributed by atoms with Crippen molar-refractivity contribution in [2.24, 2.45) is 0 Å². The minimum Gasteiger partial charge on any atom is -0.454 e. The van der Waals surface area contributed by atoms with Crippen LogP contribution in [0, 0.1) is 0 Å². The first kappa shape index (κ1) is 17.0. The Bertz CT molecular complexity index is 811. The van der Waals surface area contributed by atoms with Gasteiger partial charge in [-0.25, -0.2) is 0 Å². The molecule has 2 aromatic carbocycles. The third-order valence-corrected chi connectivity index (χ3v) is 4.19. The second-order valence-corrected chi connectivity index (χ2v) is 6.00. The lowest BCUT2D eigenvalue weighted by Gasteiger charge is -2.08. The SMILES string of the molecule is O=C(NCCCNC(=O)c1ccc2c(c1)OCO2)c1ccc2c(c1)OCO2. The summed E-state index contributed by atoms with van der Waals surface area (Å²) in [4.78, 5) is 24.3. The van der Waals surface area contributed by atoms with E-state index < -0.39 is 0 Å². The molecule has 0 atom stereocenters. The van der Waals surface area contributed by atoms with Crippen molar-refractivity contribution in [1.29, 1.82) is 0 Å². The maximum Gasteiger partial charge on any atom is 0.251 e. The van der Waals surface area contributed by atoms with Crippen molar-refractivity contribution in [2.45, 2.75) is 6.42 Å². The van der Waals surface area contributed by atoms with Gasteiger partial charge in [-0.3, -0.25) is 9.59 Å². The Morgan fingerprint density at radius 1 is 0.704 bits per heavy atom. The molecule has 0 aromatic heterocycles. The molecule has 2 N–H and O–H groups in total. The summed E-state index contributed by atoms with van der Waals surface area (Å²) in [6.45, 7) is 1.22. The van der Waals surface area contributed by atoms with Gasteiger partial charge in [0.15, 0.2) is 23.0 Å². The Labute approximate surface area is 155 Å². The Morgan fingerprint density at radius 3 is 1.63 bits per heavy atom. The van der Waals surface area contributed by atoms with Crippen LogP contribution in [-0.2, 0) is 0 Å². The van der Waals surface area contributed by atoms with Gasteiger partial charge in [-0.15, -0.1) is 0 Å². The van der Waals surface area contributed by atoms with Crippen molar-refractivity contribution < 1.29 is 28.5 Å². The molecule has 0 unspecified atom stereocenters. The minimum absolute atomic E-state index is 0.170. The molecule has 8 heteroatoms. The third-order valence-electron chi connectivity index (χ3n) is 4.19. The normalized spacial score (nSPS) is 13.3. The van der Waals surface area contributed by atoms with Gasteiger partial charge in [0.25, 0.3) is 11.8 Å². The van der Waals surface area contributed by atoms with E-state index in [1.807, 2.05) is 0 Å². The highest BCUT2D eigenvalue weighted by Gasteiger charge is 2.17. The van der Waals surface area contributed by atoms with Crippen LogP contribution >= 0.6 is 0 Å². The number of benzene rings is 2. The fraction of sp³-hybridized carbons (Fsp3) is 0.263. The van der Waals surface area contributed by atoms with Crippen molar-refractivity contribution in [3.8, 4) is 23.0 Å². The zero-order chi connectivity index (χ0) is 18.6. The highest BCUT2D eigenvalue weighted by molar-refractivity contribution is 5.95. The summed E-state index contributed by atoms with van der Waals surface area (Å²) in [6, 6.07) is 10.1. The Balaban J connectivity index is 1.20. The molecule has 140 valence electrons. The van der Waals surface area contributed by atoms with E-state index in [9.17, 15) is 9.59 Å². The van der Waals surface area contributed by atoms with Crippen molar-refractivity contribution in [2.75, 3.05) is 26.7 Å². The smallest absolute Gasteiger partial charge is 0.251 e. The van der Waals surface area contributed by atoms with Crippen LogP contribution in [0.15, 0.2) is 36.4 Å². The Morgan fingerprint density at radius 2 is 1.15 bits per heavy atom. The van der Waals surface area contributed by atoms with Crippen molar-refractivity contribution in [1.82, 2.24) is 10.6 Å². The number of carbonyl (C=O) groups excluding carboxylic acids is 2. The van der Waals surface area contributed by atoms with Crippen LogP contribution in [0.25, 0.3) is 0 Å². The number of carbonyl (C=O) groups is 2. The minimum atomic E-state index is -0.199. The molecule has 2 aliphatic rings. The summed E-state index contributed by atoms with van der Waals surface area (Å²) in [5, 5.41) is 5.63. The lowest BCUT2D eigenvalue weighted by molar-refractivity contribution is 0.0951. The third kappa shape index (κ3) is 3.74. The van der Waals surface area contributed by atoms with E-state index in [0.29, 0.717) is 53.6 Å². The summed E-state index contributed by atoms with van der Waals surface area (Å²) >= 11 is 0. The zero-order valence-electron chi connectivity index (χ0n) is 14.4. The highest BCUT2D eigenvalue weighted by atomic mass is 16.7. The molecule has 0 saturated carbocycles. The quantitative estimate of drug-likeness (QED) is 0.752. The summed E-state index contributed by atoms with van der Waals surface area (Å²) in [5.74, 6) is 2.01. The average Bonchev–Trinajstić information content (AvgIpc) is 3.34. The summed E-state index contributed by atoms with van der Waals surface area (Å²) in [7, 11) is 0. The molecule has 0 spiro atoms. The number of nitrogens with one attached hydrogen (secondary N) is 2. The molecular formula is C19H18N2O6. The molecule has 0 bridgehead atoms. The standard InChI is InChI=1S/C19H18N2O6/c22-18(12-2-4-14-16(8-12)26-10-24-14)20-6-1-7-21-19(23)13-3-5-15-17(9-13)27-11-25-15/h2-5,8-9H,1,6-7,10-11H2,(H,20,22)(H,21,23). The summed E-state index contributed by atoms with van der Waals surface area (Å²) in [5.41, 5.74) is 1.01. The molecule has 0 radical (unpaired) electrons. The van der Waals surface area contributed by atoms with E-state index in [-0.39, 0.29) is 25.4 Å². The second-order valence-electron chi connectivity index (χ2n) is 6.00. The first-order valence-corrected chi connectivity index (χ1v) is 8.56. The number of hydrogen-bond donors (Lipinski definition) is 2. The van der Waals surface area contributed by atoms with E-state index in [1.165, 1.54) is 0 Å². The highest BCUT2D eigenvalue weighted by Crippen LogP contribution is 2.33. The largest absolute Gasteiger partial charge is 0.454 e. The summed E-state index contributed by atoms with van der Waals surface area (Å²) < 4.78 is 21.0. The molecule has 2 aromatic rings. The van der Waals surface area contributed by atoms with Gasteiger partial charge in [-0.05, 0) is 42.8 Å². The maximum atomic E-state index is 12.2. The van der Waals surface area contributed by atoms with Gasteiger partial charge in [-0.1, -0.05) is 0 Å². The van der Waals surface area contributed by atoms with E-state index in [1.54, 1.807) is 36.4 Å². The van der Waals surface area contributed by atoms with Crippen molar-refractivity contribution >= 4 is 11.8 Å². The van der Waals surface area contributed by atoms with Crippen LogP contribution in [0.5, 0.6) is 23.0 Å². The monoisotopic (exact) mass is 370 g/mol. The van der Waals surface area contributed by atoms with Crippen LogP contribution in [-0.4, -0.2) is 38.5 Å². The van der Waals surface area contributed by atoms with Crippen LogP contribution in [0.1, 0.15) is 27.1 Å². The fourth-order valence-electron chi connectivity index (χ4n) is 2.77. The van der Waals surface area contributed by atoms with E-state index >= 15 is 0 Å². The molecule has 8 nitrogen and oxygen atoms in total. The predicted octanol–water partition coefficient (Wildman–Crippen LogP) is 1.69. The lowest BCUT2D eigenvalue weighted by Crippen LogP contribution is -2.29. The van der Waals surface area contributed by atoms with Gasteiger partial charge in [-0.2, -0.15) is 0 Å². The molecule has 0 saturated heterocycles. The Hall–Kier alpha value is -3.42. The van der Waals surface area contributed by atoms with E-state index in [0.717, 1.165) is 0 Å². The molecule has 2 heterocycles. The van der Waals surface area contributed by atoms with Gasteiger partial charge in [0.1, 0.15) is 0 Å². The Kier molecular flexibility index (Phi) is 4.69. The first-order chi connectivity index (χ1) is 13.2. The molecule has 27 heavy (non-hydrogen) atoms. The van der Waals surface area contributed by atoms with Crippen molar-refractivity contribution in [3.63, 3.8) is 0 Å². The van der Waals surface area contributed by atoms with Gasteiger partial charge in [0.05, 0.1) is 0 Å². The van der Waals surface area contributed by atoms with Crippen LogP contribution in [0.2, 0.25) is 0 Å². The topological polar surface area (TPSA) is 95.1 Å². The van der Waals surface area contributed by atoms with Gasteiger partial charge in [0, 0.05) is 24.2 Å². The number of ether oxygens (including phenoxy) is 4. The first-order valence-electron chi connectivity index (χ1n) is 8.56. The molecule has 4 rings (SSSR count).